The van der Waals surface area contributed by atoms with Crippen molar-refractivity contribution >= 4 is 28.5 Å². The van der Waals surface area contributed by atoms with Gasteiger partial charge in [0.1, 0.15) is 17.4 Å². The van der Waals surface area contributed by atoms with E-state index >= 15 is 0 Å². The van der Waals surface area contributed by atoms with Crippen LogP contribution in [0.2, 0.25) is 0 Å². The monoisotopic (exact) mass is 271 g/mol. The van der Waals surface area contributed by atoms with Crippen molar-refractivity contribution in [3.8, 4) is 11.8 Å². The molecule has 1 amide bonds. The van der Waals surface area contributed by atoms with Crippen molar-refractivity contribution < 1.29 is 9.90 Å². The Morgan fingerprint density at radius 2 is 2.16 bits per heavy atom. The first-order valence-corrected chi connectivity index (χ1v) is 6.18. The number of phenols is 1. The quantitative estimate of drug-likeness (QED) is 0.663. The molecule has 0 bridgehead atoms. The number of aromatic hydroxyl groups is 1. The minimum absolute atomic E-state index is 0.0270. The van der Waals surface area contributed by atoms with E-state index in [0.717, 1.165) is 0 Å². The molecule has 0 aliphatic carbocycles. The Hall–Kier alpha value is -2.65. The van der Waals surface area contributed by atoms with Gasteiger partial charge >= 0.3 is 0 Å². The van der Waals surface area contributed by atoms with Crippen LogP contribution in [-0.2, 0) is 4.79 Å². The Labute approximate surface area is 113 Å². The maximum absolute atomic E-state index is 11.8. The van der Waals surface area contributed by atoms with Crippen molar-refractivity contribution in [3.63, 3.8) is 0 Å². The van der Waals surface area contributed by atoms with Crippen LogP contribution in [0.1, 0.15) is 5.56 Å². The minimum atomic E-state index is -0.509. The van der Waals surface area contributed by atoms with Gasteiger partial charge in [-0.3, -0.25) is 10.1 Å². The fourth-order valence-corrected chi connectivity index (χ4v) is 1.86. The Kier molecular flexibility index (Phi) is 3.90. The number of carbonyl (C=O) groups excluding carboxylic acids is 1. The number of rotatable bonds is 3. The Morgan fingerprint density at radius 1 is 1.42 bits per heavy atom. The van der Waals surface area contributed by atoms with Crippen LogP contribution in [0, 0.1) is 11.3 Å². The number of hydrogen-bond acceptors (Lipinski definition) is 5. The number of amides is 1. The summed E-state index contributed by atoms with van der Waals surface area (Å²) in [6.45, 7) is 0. The number of anilines is 1. The van der Waals surface area contributed by atoms with E-state index in [-0.39, 0.29) is 11.3 Å². The number of aromatic nitrogens is 1. The van der Waals surface area contributed by atoms with Gasteiger partial charge in [0, 0.05) is 11.6 Å². The Balaban J connectivity index is 2.17. The molecule has 19 heavy (non-hydrogen) atoms. The van der Waals surface area contributed by atoms with Gasteiger partial charge in [-0.2, -0.15) is 5.26 Å². The zero-order valence-electron chi connectivity index (χ0n) is 9.70. The van der Waals surface area contributed by atoms with Gasteiger partial charge in [0.15, 0.2) is 5.13 Å². The molecule has 5 nitrogen and oxygen atoms in total. The molecular formula is C13H9N3O2S. The molecule has 0 fully saturated rings. The molecule has 0 unspecified atom stereocenters. The molecule has 2 aromatic rings. The van der Waals surface area contributed by atoms with Crippen LogP contribution >= 0.6 is 11.3 Å². The lowest BCUT2D eigenvalue weighted by Gasteiger charge is -2.00. The Bertz CT molecular complexity index is 640. The van der Waals surface area contributed by atoms with Gasteiger partial charge in [0.25, 0.3) is 5.91 Å². The van der Waals surface area contributed by atoms with Gasteiger partial charge in [0.05, 0.1) is 0 Å². The van der Waals surface area contributed by atoms with E-state index in [9.17, 15) is 4.79 Å². The van der Waals surface area contributed by atoms with Gasteiger partial charge in [-0.1, -0.05) is 12.1 Å². The molecule has 94 valence electrons. The lowest BCUT2D eigenvalue weighted by atomic mass is 10.1. The molecule has 0 aliphatic heterocycles. The molecule has 6 heteroatoms. The fourth-order valence-electron chi connectivity index (χ4n) is 1.34. The average molecular weight is 271 g/mol. The molecule has 0 atom stereocenters. The van der Waals surface area contributed by atoms with Crippen molar-refractivity contribution in [2.75, 3.05) is 5.32 Å². The van der Waals surface area contributed by atoms with Crippen molar-refractivity contribution in [2.45, 2.75) is 0 Å². The van der Waals surface area contributed by atoms with Crippen molar-refractivity contribution in [1.29, 1.82) is 5.26 Å². The third kappa shape index (κ3) is 3.40. The van der Waals surface area contributed by atoms with Crippen LogP contribution in [0.25, 0.3) is 6.08 Å². The van der Waals surface area contributed by atoms with Crippen LogP contribution in [0.3, 0.4) is 0 Å². The first-order valence-electron chi connectivity index (χ1n) is 5.31. The number of hydrogen-bond donors (Lipinski definition) is 2. The zero-order valence-corrected chi connectivity index (χ0v) is 10.5. The second-order valence-corrected chi connectivity index (χ2v) is 4.45. The van der Waals surface area contributed by atoms with Crippen molar-refractivity contribution in [3.05, 3.63) is 47.0 Å². The van der Waals surface area contributed by atoms with Crippen molar-refractivity contribution in [1.82, 2.24) is 4.98 Å². The molecule has 2 rings (SSSR count). The first-order chi connectivity index (χ1) is 9.19. The predicted octanol–water partition coefficient (Wildman–Crippen LogP) is 2.39. The largest absolute Gasteiger partial charge is 0.508 e. The Morgan fingerprint density at radius 3 is 2.74 bits per heavy atom. The lowest BCUT2D eigenvalue weighted by Crippen LogP contribution is -2.13. The molecule has 0 aliphatic rings. The molecule has 0 saturated carbocycles. The molecule has 0 saturated heterocycles. The van der Waals surface area contributed by atoms with Crippen LogP contribution in [0.15, 0.2) is 41.4 Å². The van der Waals surface area contributed by atoms with Gasteiger partial charge in [0.2, 0.25) is 0 Å². The predicted molar refractivity (Wildman–Crippen MR) is 72.4 cm³/mol. The number of nitrogens with one attached hydrogen (secondary N) is 1. The van der Waals surface area contributed by atoms with E-state index < -0.39 is 5.91 Å². The van der Waals surface area contributed by atoms with E-state index in [4.69, 9.17) is 10.4 Å². The standard InChI is InChI=1S/C13H9N3O2S/c14-8-10(7-9-1-3-11(17)4-2-9)12(18)16-13-15-5-6-19-13/h1-7,17H,(H,15,16,18). The third-order valence-electron chi connectivity index (χ3n) is 2.22. The number of benzene rings is 1. The molecule has 2 N–H and O–H groups in total. The highest BCUT2D eigenvalue weighted by atomic mass is 32.1. The number of carbonyl (C=O) groups is 1. The first kappa shape index (κ1) is 12.8. The smallest absolute Gasteiger partial charge is 0.268 e. The lowest BCUT2D eigenvalue weighted by molar-refractivity contribution is -0.112. The summed E-state index contributed by atoms with van der Waals surface area (Å²) in [5.74, 6) is -0.381. The highest BCUT2D eigenvalue weighted by Gasteiger charge is 2.10. The summed E-state index contributed by atoms with van der Waals surface area (Å²) in [7, 11) is 0. The topological polar surface area (TPSA) is 86.0 Å². The van der Waals surface area contributed by atoms with Gasteiger partial charge in [-0.25, -0.2) is 4.98 Å². The fraction of sp³-hybridized carbons (Fsp3) is 0. The molecule has 1 aromatic carbocycles. The van der Waals surface area contributed by atoms with E-state index in [2.05, 4.69) is 10.3 Å². The summed E-state index contributed by atoms with van der Waals surface area (Å²) in [6.07, 6.45) is 3.01. The van der Waals surface area contributed by atoms with Crippen LogP contribution in [-0.4, -0.2) is 16.0 Å². The van der Waals surface area contributed by atoms with Gasteiger partial charge in [-0.05, 0) is 23.8 Å². The normalized spacial score (nSPS) is 10.8. The van der Waals surface area contributed by atoms with Crippen LogP contribution < -0.4 is 5.32 Å². The maximum atomic E-state index is 11.8. The average Bonchev–Trinajstić information content (AvgIpc) is 2.90. The van der Waals surface area contributed by atoms with Gasteiger partial charge < -0.3 is 5.11 Å². The summed E-state index contributed by atoms with van der Waals surface area (Å²) in [5.41, 5.74) is 0.629. The summed E-state index contributed by atoms with van der Waals surface area (Å²) >= 11 is 1.27. The van der Waals surface area contributed by atoms with E-state index in [1.54, 1.807) is 23.7 Å². The third-order valence-corrected chi connectivity index (χ3v) is 2.91. The number of nitrogens with zero attached hydrogens (tertiary/aromatic N) is 2. The second kappa shape index (κ2) is 5.80. The highest BCUT2D eigenvalue weighted by Crippen LogP contribution is 2.15. The number of thiazole rings is 1. The highest BCUT2D eigenvalue weighted by molar-refractivity contribution is 7.13. The molecule has 1 aromatic heterocycles. The SMILES string of the molecule is N#CC(=Cc1ccc(O)cc1)C(=O)Nc1nccs1. The summed E-state index contributed by atoms with van der Waals surface area (Å²) in [6, 6.07) is 8.04. The molecule has 0 spiro atoms. The van der Waals surface area contributed by atoms with E-state index in [1.165, 1.54) is 29.5 Å². The van der Waals surface area contributed by atoms with Crippen LogP contribution in [0.4, 0.5) is 5.13 Å². The zero-order chi connectivity index (χ0) is 13.7. The molecule has 0 radical (unpaired) electrons. The van der Waals surface area contributed by atoms with E-state index in [1.807, 2.05) is 6.07 Å². The van der Waals surface area contributed by atoms with Crippen molar-refractivity contribution in [2.24, 2.45) is 0 Å². The molecule has 1 heterocycles. The second-order valence-electron chi connectivity index (χ2n) is 3.55. The minimum Gasteiger partial charge on any atom is -0.508 e. The van der Waals surface area contributed by atoms with Gasteiger partial charge in [-0.15, -0.1) is 11.3 Å². The number of nitriles is 1. The summed E-state index contributed by atoms with van der Waals surface area (Å²) < 4.78 is 0. The molecular weight excluding hydrogens is 262 g/mol. The van der Waals surface area contributed by atoms with E-state index in [0.29, 0.717) is 10.7 Å². The summed E-state index contributed by atoms with van der Waals surface area (Å²) in [5, 5.41) is 22.9. The van der Waals surface area contributed by atoms with Crippen LogP contribution in [0.5, 0.6) is 5.75 Å². The number of phenolic OH excluding ortho intramolecular Hbond substituents is 1. The summed E-state index contributed by atoms with van der Waals surface area (Å²) in [4.78, 5) is 15.7. The maximum Gasteiger partial charge on any atom is 0.268 e.